The summed E-state index contributed by atoms with van der Waals surface area (Å²) in [5.74, 6) is 0.0270. The van der Waals surface area contributed by atoms with Crippen molar-refractivity contribution in [2.24, 2.45) is 0 Å². The molecule has 0 spiro atoms. The number of thioether (sulfide) groups is 1. The maximum Gasteiger partial charge on any atom is 0.277 e. The first-order valence-electron chi connectivity index (χ1n) is 9.35. The monoisotopic (exact) mass is 433 g/mol. The first-order chi connectivity index (χ1) is 14.4. The Morgan fingerprint density at radius 1 is 1.17 bits per heavy atom. The van der Waals surface area contributed by atoms with E-state index in [1.807, 2.05) is 6.92 Å². The molecule has 0 radical (unpaired) electrons. The molecule has 30 heavy (non-hydrogen) atoms. The van der Waals surface area contributed by atoms with Crippen LogP contribution in [-0.4, -0.2) is 33.3 Å². The summed E-state index contributed by atoms with van der Waals surface area (Å²) in [6.07, 6.45) is -0.534. The van der Waals surface area contributed by atoms with E-state index in [9.17, 15) is 13.6 Å². The number of nitrogens with zero attached hydrogens (tertiary/aromatic N) is 3. The molecule has 1 atom stereocenters. The summed E-state index contributed by atoms with van der Waals surface area (Å²) in [7, 11) is 0. The second kappa shape index (κ2) is 10.2. The van der Waals surface area contributed by atoms with Crippen molar-refractivity contribution < 1.29 is 22.7 Å². The number of aromatic nitrogens is 2. The molecule has 3 aromatic rings. The van der Waals surface area contributed by atoms with Crippen LogP contribution >= 0.6 is 11.8 Å². The zero-order valence-electron chi connectivity index (χ0n) is 16.5. The maximum atomic E-state index is 13.4. The largest absolute Gasteiger partial charge is 0.481 e. The van der Waals surface area contributed by atoms with E-state index in [4.69, 9.17) is 9.15 Å². The van der Waals surface area contributed by atoms with Gasteiger partial charge >= 0.3 is 0 Å². The highest BCUT2D eigenvalue weighted by Crippen LogP contribution is 2.24. The lowest BCUT2D eigenvalue weighted by Gasteiger charge is -2.20. The van der Waals surface area contributed by atoms with Crippen molar-refractivity contribution in [3.8, 4) is 5.75 Å². The van der Waals surface area contributed by atoms with Crippen LogP contribution in [0.15, 0.2) is 58.2 Å². The molecule has 0 aliphatic heterocycles. The van der Waals surface area contributed by atoms with E-state index in [2.05, 4.69) is 10.2 Å². The van der Waals surface area contributed by atoms with E-state index in [1.54, 1.807) is 24.0 Å². The molecule has 1 unspecified atom stereocenters. The van der Waals surface area contributed by atoms with Gasteiger partial charge in [-0.15, -0.1) is 10.2 Å². The van der Waals surface area contributed by atoms with E-state index in [0.29, 0.717) is 18.8 Å². The number of hydrogen-bond acceptors (Lipinski definition) is 6. The molecule has 0 aliphatic rings. The summed E-state index contributed by atoms with van der Waals surface area (Å²) in [4.78, 5) is 14.1. The Bertz CT molecular complexity index is 982. The number of hydrogen-bond donors (Lipinski definition) is 0. The van der Waals surface area contributed by atoms with E-state index in [-0.39, 0.29) is 34.4 Å². The first-order valence-corrected chi connectivity index (χ1v) is 10.3. The summed E-state index contributed by atoms with van der Waals surface area (Å²) < 4.78 is 37.5. The van der Waals surface area contributed by atoms with Crippen LogP contribution in [0.25, 0.3) is 0 Å². The molecular formula is C21H21F2N3O3S. The van der Waals surface area contributed by atoms with Gasteiger partial charge in [-0.1, -0.05) is 23.9 Å². The fraction of sp³-hybridized carbons (Fsp3) is 0.286. The molecule has 9 heteroatoms. The lowest BCUT2D eigenvalue weighted by Crippen LogP contribution is -2.31. The van der Waals surface area contributed by atoms with Gasteiger partial charge in [-0.2, -0.15) is 0 Å². The van der Waals surface area contributed by atoms with Crippen molar-refractivity contribution in [2.75, 3.05) is 12.3 Å². The van der Waals surface area contributed by atoms with E-state index in [1.165, 1.54) is 36.4 Å². The molecule has 0 fully saturated rings. The first kappa shape index (κ1) is 21.8. The van der Waals surface area contributed by atoms with Crippen molar-refractivity contribution in [1.82, 2.24) is 15.1 Å². The number of rotatable bonds is 9. The molecule has 3 rings (SSSR count). The molecule has 1 aromatic heterocycles. The Labute approximate surface area is 177 Å². The quantitative estimate of drug-likeness (QED) is 0.459. The van der Waals surface area contributed by atoms with Gasteiger partial charge in [0, 0.05) is 13.1 Å². The highest BCUT2D eigenvalue weighted by Gasteiger charge is 2.18. The number of ether oxygens (including phenoxy) is 1. The second-order valence-corrected chi connectivity index (χ2v) is 7.37. The van der Waals surface area contributed by atoms with Gasteiger partial charge in [-0.3, -0.25) is 4.79 Å². The zero-order valence-corrected chi connectivity index (χ0v) is 17.4. The molecule has 0 N–H and O–H groups in total. The van der Waals surface area contributed by atoms with E-state index in [0.717, 1.165) is 17.3 Å². The Morgan fingerprint density at radius 2 is 1.93 bits per heavy atom. The second-order valence-electron chi connectivity index (χ2n) is 6.45. The third-order valence-corrected chi connectivity index (χ3v) is 5.02. The van der Waals surface area contributed by atoms with Gasteiger partial charge in [-0.25, -0.2) is 8.78 Å². The predicted molar refractivity (Wildman–Crippen MR) is 108 cm³/mol. The van der Waals surface area contributed by atoms with Gasteiger partial charge in [0.05, 0.1) is 5.75 Å². The highest BCUT2D eigenvalue weighted by atomic mass is 32.2. The topological polar surface area (TPSA) is 68.5 Å². The molecule has 158 valence electrons. The molecule has 0 saturated heterocycles. The minimum Gasteiger partial charge on any atom is -0.481 e. The number of carbonyl (C=O) groups is 1. The Morgan fingerprint density at radius 3 is 2.63 bits per heavy atom. The van der Waals surface area contributed by atoms with Gasteiger partial charge < -0.3 is 14.1 Å². The van der Waals surface area contributed by atoms with Gasteiger partial charge in [0.25, 0.3) is 11.1 Å². The Hall–Kier alpha value is -2.94. The van der Waals surface area contributed by atoms with Gasteiger partial charge in [0.1, 0.15) is 17.4 Å². The average Bonchev–Trinajstić information content (AvgIpc) is 3.21. The zero-order chi connectivity index (χ0) is 21.5. The summed E-state index contributed by atoms with van der Waals surface area (Å²) >= 11 is 1.12. The lowest BCUT2D eigenvalue weighted by atomic mass is 10.2. The van der Waals surface area contributed by atoms with Crippen molar-refractivity contribution in [2.45, 2.75) is 31.7 Å². The van der Waals surface area contributed by atoms with Gasteiger partial charge in [0.2, 0.25) is 5.91 Å². The molecule has 0 saturated carbocycles. The molecule has 0 bridgehead atoms. The summed E-state index contributed by atoms with van der Waals surface area (Å²) in [5, 5.41) is 8.12. The van der Waals surface area contributed by atoms with Crippen LogP contribution in [0.4, 0.5) is 8.78 Å². The molecule has 0 aliphatic carbocycles. The number of halogens is 2. The molecular weight excluding hydrogens is 412 g/mol. The van der Waals surface area contributed by atoms with Crippen LogP contribution < -0.4 is 4.74 Å². The number of benzene rings is 2. The maximum absolute atomic E-state index is 13.4. The minimum atomic E-state index is -0.534. The van der Waals surface area contributed by atoms with Crippen molar-refractivity contribution in [3.05, 3.63) is 71.6 Å². The van der Waals surface area contributed by atoms with Crippen LogP contribution in [0.1, 0.15) is 31.4 Å². The molecule has 2 aromatic carbocycles. The predicted octanol–water partition coefficient (Wildman–Crippen LogP) is 4.63. The van der Waals surface area contributed by atoms with Crippen LogP contribution in [0.5, 0.6) is 5.75 Å². The van der Waals surface area contributed by atoms with Crippen molar-refractivity contribution in [3.63, 3.8) is 0 Å². The smallest absolute Gasteiger partial charge is 0.277 e. The van der Waals surface area contributed by atoms with E-state index < -0.39 is 6.10 Å². The van der Waals surface area contributed by atoms with Crippen LogP contribution in [0, 0.1) is 11.6 Å². The normalized spacial score (nSPS) is 11.9. The summed E-state index contributed by atoms with van der Waals surface area (Å²) in [6.45, 7) is 4.41. The van der Waals surface area contributed by atoms with Crippen LogP contribution in [0.3, 0.4) is 0 Å². The molecule has 6 nitrogen and oxygen atoms in total. The third-order valence-electron chi connectivity index (χ3n) is 4.21. The molecule has 1 amide bonds. The van der Waals surface area contributed by atoms with Crippen LogP contribution in [0.2, 0.25) is 0 Å². The lowest BCUT2D eigenvalue weighted by molar-refractivity contribution is -0.128. The van der Waals surface area contributed by atoms with Gasteiger partial charge in [0.15, 0.2) is 6.10 Å². The Kier molecular flexibility index (Phi) is 7.40. The minimum absolute atomic E-state index is 0.109. The summed E-state index contributed by atoms with van der Waals surface area (Å²) in [6, 6.07) is 11.8. The van der Waals surface area contributed by atoms with Gasteiger partial charge in [-0.05, 0) is 55.8 Å². The average molecular weight is 433 g/mol. The number of amides is 1. The van der Waals surface area contributed by atoms with Crippen molar-refractivity contribution in [1.29, 1.82) is 0 Å². The highest BCUT2D eigenvalue weighted by molar-refractivity contribution is 7.99. The fourth-order valence-electron chi connectivity index (χ4n) is 2.66. The summed E-state index contributed by atoms with van der Waals surface area (Å²) in [5.41, 5.74) is 0.724. The van der Waals surface area contributed by atoms with E-state index >= 15 is 0 Å². The SMILES string of the molecule is CCN(Cc1cccc(F)c1)C(=O)CSc1nnc(C(C)Oc2ccc(F)cc2)o1. The molecule has 1 heterocycles. The third kappa shape index (κ3) is 6.03. The number of carbonyl (C=O) groups excluding carboxylic acids is 1. The Balaban J connectivity index is 1.53. The van der Waals surface area contributed by atoms with Crippen molar-refractivity contribution >= 4 is 17.7 Å². The standard InChI is InChI=1S/C21H21F2N3O3S/c1-3-26(12-15-5-4-6-17(23)11-15)19(27)13-30-21-25-24-20(29-21)14(2)28-18-9-7-16(22)8-10-18/h4-11,14H,3,12-13H2,1-2H3. The van der Waals surface area contributed by atoms with Crippen LogP contribution in [-0.2, 0) is 11.3 Å². The fourth-order valence-corrected chi connectivity index (χ4v) is 3.33.